The van der Waals surface area contributed by atoms with E-state index in [0.29, 0.717) is 15.0 Å². The summed E-state index contributed by atoms with van der Waals surface area (Å²) in [6, 6.07) is 8.09. The molecule has 0 bridgehead atoms. The summed E-state index contributed by atoms with van der Waals surface area (Å²) in [5.74, 6) is 8.01. The van der Waals surface area contributed by atoms with Gasteiger partial charge in [-0.1, -0.05) is 0 Å². The van der Waals surface area contributed by atoms with Crippen LogP contribution in [0.2, 0.25) is 5.82 Å². The van der Waals surface area contributed by atoms with Crippen LogP contribution in [0.5, 0.6) is 0 Å². The van der Waals surface area contributed by atoms with E-state index in [-0.39, 0.29) is 0 Å². The first-order valence-electron chi connectivity index (χ1n) is 4.41. The zero-order valence-electron chi connectivity index (χ0n) is 8.66. The van der Waals surface area contributed by atoms with Gasteiger partial charge >= 0.3 is 91.5 Å². The van der Waals surface area contributed by atoms with Crippen LogP contribution in [0, 0.1) is 11.8 Å². The summed E-state index contributed by atoms with van der Waals surface area (Å²) in [6.07, 6.45) is 0. The first-order chi connectivity index (χ1) is 6.53. The molecule has 0 atom stereocenters. The molecule has 0 aliphatic rings. The van der Waals surface area contributed by atoms with E-state index in [1.165, 1.54) is 4.46 Å². The third-order valence-electron chi connectivity index (χ3n) is 1.61. The maximum absolute atomic E-state index is 9.47. The number of hydrogen-bond donors (Lipinski definition) is 1. The summed E-state index contributed by atoms with van der Waals surface area (Å²) in [7, 11) is 0. The predicted octanol–water partition coefficient (Wildman–Crippen LogP) is 1.19. The van der Waals surface area contributed by atoms with Crippen LogP contribution in [-0.4, -0.2) is 25.7 Å². The van der Waals surface area contributed by atoms with E-state index in [1.807, 2.05) is 18.2 Å². The first kappa shape index (κ1) is 11.3. The van der Waals surface area contributed by atoms with E-state index in [4.69, 9.17) is 0 Å². The van der Waals surface area contributed by atoms with E-state index in [1.54, 1.807) is 13.8 Å². The number of rotatable bonds is 1. The Morgan fingerprint density at radius 1 is 1.29 bits per heavy atom. The van der Waals surface area contributed by atoms with Crippen molar-refractivity contribution in [3.8, 4) is 11.8 Å². The second-order valence-electron chi connectivity index (χ2n) is 3.51. The molecule has 14 heavy (non-hydrogen) atoms. The second-order valence-corrected chi connectivity index (χ2v) is 5.29. The Hall–Kier alpha value is -0.741. The number of hydrogen-bond acceptors (Lipinski definition) is 1. The summed E-state index contributed by atoms with van der Waals surface area (Å²) >= 11 is 0.449. The monoisotopic (exact) mass is 254 g/mol. The molecule has 1 N–H and O–H groups in total. The van der Waals surface area contributed by atoms with E-state index in [0.717, 1.165) is 5.56 Å². The number of aliphatic hydroxyl groups is 1. The molecule has 0 saturated carbocycles. The van der Waals surface area contributed by atoms with E-state index in [2.05, 4.69) is 23.7 Å². The van der Waals surface area contributed by atoms with E-state index >= 15 is 0 Å². The van der Waals surface area contributed by atoms with Gasteiger partial charge in [0.2, 0.25) is 0 Å². The normalized spacial score (nSPS) is 10.6. The summed E-state index contributed by atoms with van der Waals surface area (Å²) in [5, 5.41) is 9.47. The average Bonchev–Trinajstić information content (AvgIpc) is 2.14. The molecule has 1 aromatic carbocycles. The first-order valence-corrected chi connectivity index (χ1v) is 6.98. The van der Waals surface area contributed by atoms with Gasteiger partial charge in [-0.2, -0.15) is 0 Å². The molecule has 1 rings (SSSR count). The molecule has 0 fully saturated rings. The van der Waals surface area contributed by atoms with Crippen LogP contribution < -0.4 is 4.46 Å². The van der Waals surface area contributed by atoms with Crippen LogP contribution in [0.15, 0.2) is 24.3 Å². The maximum atomic E-state index is 9.47. The zero-order chi connectivity index (χ0) is 10.6. The fourth-order valence-corrected chi connectivity index (χ4v) is 2.13. The van der Waals surface area contributed by atoms with Crippen molar-refractivity contribution in [3.63, 3.8) is 0 Å². The van der Waals surface area contributed by atoms with E-state index < -0.39 is 5.60 Å². The van der Waals surface area contributed by atoms with Gasteiger partial charge in [-0.15, -0.1) is 0 Å². The molecular weight excluding hydrogens is 239 g/mol. The summed E-state index contributed by atoms with van der Waals surface area (Å²) in [6.45, 7) is 3.39. The van der Waals surface area contributed by atoms with Gasteiger partial charge in [-0.05, 0) is 0 Å². The third-order valence-corrected chi connectivity index (χ3v) is 3.28. The Morgan fingerprint density at radius 2 is 1.93 bits per heavy atom. The van der Waals surface area contributed by atoms with Crippen molar-refractivity contribution in [2.75, 3.05) is 0 Å². The molecule has 1 nitrogen and oxygen atoms in total. The number of benzene rings is 1. The van der Waals surface area contributed by atoms with Crippen LogP contribution in [0.4, 0.5) is 0 Å². The van der Waals surface area contributed by atoms with Gasteiger partial charge in [-0.25, -0.2) is 0 Å². The van der Waals surface area contributed by atoms with Crippen molar-refractivity contribution in [1.82, 2.24) is 0 Å². The molecule has 2 heteroatoms. The Kier molecular flexibility index (Phi) is 3.77. The van der Waals surface area contributed by atoms with Gasteiger partial charge in [0.25, 0.3) is 0 Å². The Labute approximate surface area is 91.7 Å². The van der Waals surface area contributed by atoms with Crippen molar-refractivity contribution in [1.29, 1.82) is 0 Å². The van der Waals surface area contributed by atoms with Gasteiger partial charge in [0.05, 0.1) is 0 Å². The van der Waals surface area contributed by atoms with Gasteiger partial charge in [0, 0.05) is 0 Å². The molecule has 0 spiro atoms. The standard InChI is InChI=1S/C12H14OSe/c1-12(2,13)9-8-10-6-4-5-7-11(10)14-3/h4-7,13H,1-3H3. The molecule has 0 aliphatic carbocycles. The average molecular weight is 253 g/mol. The van der Waals surface area contributed by atoms with Gasteiger partial charge in [0.15, 0.2) is 0 Å². The Balaban J connectivity index is 3.00. The SMILES string of the molecule is C[Se]c1ccccc1C#CC(C)(C)O. The molecular formula is C12H14OSe. The summed E-state index contributed by atoms with van der Waals surface area (Å²) in [4.78, 5) is 0. The fraction of sp³-hybridized carbons (Fsp3) is 0.333. The third kappa shape index (κ3) is 3.55. The molecule has 0 unspecified atom stereocenters. The Bertz CT molecular complexity index is 366. The van der Waals surface area contributed by atoms with Crippen LogP contribution in [0.1, 0.15) is 19.4 Å². The quantitative estimate of drug-likeness (QED) is 0.588. The van der Waals surface area contributed by atoms with Crippen molar-refractivity contribution in [2.45, 2.75) is 25.3 Å². The molecule has 0 radical (unpaired) electrons. The molecule has 0 aliphatic heterocycles. The second kappa shape index (κ2) is 4.66. The zero-order valence-corrected chi connectivity index (χ0v) is 10.4. The fourth-order valence-electron chi connectivity index (χ4n) is 0.968. The van der Waals surface area contributed by atoms with Crippen molar-refractivity contribution in [2.24, 2.45) is 0 Å². The van der Waals surface area contributed by atoms with Gasteiger partial charge in [0.1, 0.15) is 0 Å². The van der Waals surface area contributed by atoms with Crippen LogP contribution in [0.25, 0.3) is 0 Å². The van der Waals surface area contributed by atoms with Crippen molar-refractivity contribution >= 4 is 19.4 Å². The van der Waals surface area contributed by atoms with Crippen LogP contribution in [-0.2, 0) is 0 Å². The summed E-state index contributed by atoms with van der Waals surface area (Å²) in [5.41, 5.74) is 0.130. The van der Waals surface area contributed by atoms with Crippen LogP contribution in [0.3, 0.4) is 0 Å². The van der Waals surface area contributed by atoms with E-state index in [9.17, 15) is 5.11 Å². The Morgan fingerprint density at radius 3 is 2.50 bits per heavy atom. The van der Waals surface area contributed by atoms with Crippen molar-refractivity contribution in [3.05, 3.63) is 29.8 Å². The topological polar surface area (TPSA) is 20.2 Å². The molecule has 1 aromatic rings. The van der Waals surface area contributed by atoms with Gasteiger partial charge < -0.3 is 0 Å². The van der Waals surface area contributed by atoms with Crippen molar-refractivity contribution < 1.29 is 5.11 Å². The molecule has 0 saturated heterocycles. The minimum atomic E-state index is -0.909. The molecule has 0 aromatic heterocycles. The molecule has 74 valence electrons. The van der Waals surface area contributed by atoms with Gasteiger partial charge in [-0.3, -0.25) is 0 Å². The minimum absolute atomic E-state index is 0.449. The predicted molar refractivity (Wildman–Crippen MR) is 60.9 cm³/mol. The molecule has 0 amide bonds. The van der Waals surface area contributed by atoms with Crippen LogP contribution >= 0.6 is 0 Å². The summed E-state index contributed by atoms with van der Waals surface area (Å²) < 4.78 is 1.29. The molecule has 0 heterocycles.